The van der Waals surface area contributed by atoms with Gasteiger partial charge in [0.15, 0.2) is 11.4 Å². The summed E-state index contributed by atoms with van der Waals surface area (Å²) in [5, 5.41) is 29.3. The molecule has 12 nitrogen and oxygen atoms in total. The lowest BCUT2D eigenvalue weighted by Crippen LogP contribution is -2.63. The number of hydrogen-bond donors (Lipinski definition) is 4. The average Bonchev–Trinajstić information content (AvgIpc) is 3.52. The Morgan fingerprint density at radius 1 is 0.957 bits per heavy atom. The average molecular weight is 745 g/mol. The zero-order chi connectivity index (χ0) is 32.8. The van der Waals surface area contributed by atoms with Crippen LogP contribution in [0.4, 0.5) is 10.8 Å². The van der Waals surface area contributed by atoms with E-state index in [0.29, 0.717) is 89.4 Å². The van der Waals surface area contributed by atoms with Crippen molar-refractivity contribution in [3.05, 3.63) is 87.4 Å². The number of nitrogens with one attached hydrogen (secondary N) is 2. The van der Waals surface area contributed by atoms with Crippen molar-refractivity contribution in [2.24, 2.45) is 0 Å². The quantitative estimate of drug-likeness (QED) is 0.165. The number of ether oxygens (including phenoxy) is 2. The number of morpholine rings is 2. The number of aliphatic hydroxyl groups excluding tert-OH is 2. The lowest BCUT2D eigenvalue weighted by Gasteiger charge is -2.44. The summed E-state index contributed by atoms with van der Waals surface area (Å²) in [5.41, 5.74) is 0.725. The van der Waals surface area contributed by atoms with Gasteiger partial charge in [-0.3, -0.25) is 14.6 Å². The van der Waals surface area contributed by atoms with Crippen LogP contribution in [0, 0.1) is 0 Å². The number of carbonyl (C=O) groups is 1. The summed E-state index contributed by atoms with van der Waals surface area (Å²) in [5.74, 6) is -0.0196. The third kappa shape index (κ3) is 7.66. The van der Waals surface area contributed by atoms with Crippen molar-refractivity contribution in [3.8, 4) is 10.6 Å². The van der Waals surface area contributed by atoms with E-state index in [1.165, 1.54) is 11.3 Å². The van der Waals surface area contributed by atoms with Crippen LogP contribution in [-0.4, -0.2) is 107 Å². The summed E-state index contributed by atoms with van der Waals surface area (Å²) >= 11 is 10.9. The topological polar surface area (TPSA) is 145 Å². The maximum Gasteiger partial charge on any atom is 0.274 e. The van der Waals surface area contributed by atoms with Gasteiger partial charge in [-0.1, -0.05) is 47.2 Å². The molecule has 0 bridgehead atoms. The Morgan fingerprint density at radius 3 is 2.34 bits per heavy atom. The van der Waals surface area contributed by atoms with Crippen molar-refractivity contribution in [1.82, 2.24) is 30.1 Å². The summed E-state index contributed by atoms with van der Waals surface area (Å²) < 4.78 is 11.6. The molecule has 4 N–H and O–H groups in total. The number of anilines is 2. The minimum absolute atomic E-state index is 0.0974. The Bertz CT molecular complexity index is 1670. The zero-order valence-corrected chi connectivity index (χ0v) is 28.6. The molecule has 1 amide bonds. The maximum atomic E-state index is 14.3. The zero-order valence-electron chi connectivity index (χ0n) is 25.4. The molecule has 2 unspecified atom stereocenters. The molecule has 2 aliphatic heterocycles. The number of aliphatic hydroxyl groups is 2. The summed E-state index contributed by atoms with van der Waals surface area (Å²) in [6.45, 7) is 3.86. The van der Waals surface area contributed by atoms with Crippen LogP contribution in [0.5, 0.6) is 0 Å². The molecule has 0 spiro atoms. The summed E-state index contributed by atoms with van der Waals surface area (Å²) in [6.07, 6.45) is 0. The molecular weight excluding hydrogens is 710 g/mol. The van der Waals surface area contributed by atoms with Crippen LogP contribution in [0.2, 0.25) is 5.02 Å². The Hall–Kier alpha value is -3.05. The fraction of sp³-hybridized carbons (Fsp3) is 0.375. The number of thiazole rings is 1. The van der Waals surface area contributed by atoms with E-state index >= 15 is 0 Å². The fourth-order valence-corrected chi connectivity index (χ4v) is 7.18. The minimum Gasteiger partial charge on any atom is -0.394 e. The molecule has 248 valence electrons. The van der Waals surface area contributed by atoms with Gasteiger partial charge in [0.05, 0.1) is 57.1 Å². The number of rotatable bonds is 11. The molecule has 5 heterocycles. The molecule has 0 radical (unpaired) electrons. The van der Waals surface area contributed by atoms with Crippen LogP contribution >= 0.6 is 38.9 Å². The van der Waals surface area contributed by atoms with E-state index in [4.69, 9.17) is 31.0 Å². The monoisotopic (exact) mass is 743 g/mol. The number of hydrogen-bond acceptors (Lipinski definition) is 12. The molecule has 2 aliphatic rings. The molecule has 2 atom stereocenters. The van der Waals surface area contributed by atoms with Gasteiger partial charge in [0.1, 0.15) is 20.4 Å². The molecule has 3 aromatic heterocycles. The number of amides is 1. The highest BCUT2D eigenvalue weighted by atomic mass is 79.9. The largest absolute Gasteiger partial charge is 0.394 e. The second-order valence-electron chi connectivity index (χ2n) is 11.0. The second-order valence-corrected chi connectivity index (χ2v) is 13.3. The normalized spacial score (nSPS) is 18.0. The molecule has 2 fully saturated rings. The number of pyridine rings is 2. The molecule has 0 saturated carbocycles. The second kappa shape index (κ2) is 15.4. The van der Waals surface area contributed by atoms with Crippen molar-refractivity contribution in [2.45, 2.75) is 11.7 Å². The van der Waals surface area contributed by atoms with E-state index in [-0.39, 0.29) is 18.3 Å². The third-order valence-electron chi connectivity index (χ3n) is 8.19. The molecule has 6 rings (SSSR count). The van der Waals surface area contributed by atoms with Gasteiger partial charge in [0, 0.05) is 36.8 Å². The van der Waals surface area contributed by atoms with Crippen molar-refractivity contribution in [2.75, 3.05) is 71.1 Å². The van der Waals surface area contributed by atoms with Crippen LogP contribution in [0.1, 0.15) is 27.9 Å². The molecule has 2 saturated heterocycles. The lowest BCUT2D eigenvalue weighted by atomic mass is 10.0. The first-order chi connectivity index (χ1) is 22.9. The van der Waals surface area contributed by atoms with Gasteiger partial charge in [-0.25, -0.2) is 15.0 Å². The predicted octanol–water partition coefficient (Wildman–Crippen LogP) is 4.03. The Labute approximate surface area is 289 Å². The van der Waals surface area contributed by atoms with E-state index in [9.17, 15) is 15.0 Å². The highest BCUT2D eigenvalue weighted by Crippen LogP contribution is 2.36. The van der Waals surface area contributed by atoms with Gasteiger partial charge in [-0.05, 0) is 52.3 Å². The van der Waals surface area contributed by atoms with Crippen LogP contribution in [0.15, 0.2) is 65.3 Å². The van der Waals surface area contributed by atoms with Gasteiger partial charge in [-0.15, -0.1) is 0 Å². The standard InChI is InChI=1S/C32H35BrClN7O5S/c33-26-5-2-4-25(36-26)32(20-43,41-13-17-46-18-14-41)39-29(44)28-31(47-30(38-28)21-7-9-22(34)10-8-21)37-27-6-1-3-23(35-27)24(19-42)40-11-15-45-16-12-40/h1-10,24,42-43H,11-20H2,(H,35,37)(H,39,44). The van der Waals surface area contributed by atoms with Gasteiger partial charge >= 0.3 is 0 Å². The van der Waals surface area contributed by atoms with E-state index in [0.717, 1.165) is 5.56 Å². The number of carbonyl (C=O) groups excluding carboxylic acids is 1. The SMILES string of the molecule is O=C(NC(CO)(c1cccc(Br)n1)N1CCOCC1)c1nc(-c2ccc(Cl)cc2)sc1Nc1cccc(C(CO)N2CCOCC2)n1. The van der Waals surface area contributed by atoms with Crippen molar-refractivity contribution in [1.29, 1.82) is 0 Å². The van der Waals surface area contributed by atoms with Crippen molar-refractivity contribution >= 4 is 55.6 Å². The summed E-state index contributed by atoms with van der Waals surface area (Å²) in [6, 6.07) is 17.8. The van der Waals surface area contributed by atoms with E-state index in [2.05, 4.69) is 36.4 Å². The highest BCUT2D eigenvalue weighted by molar-refractivity contribution is 9.10. The lowest BCUT2D eigenvalue weighted by molar-refractivity contribution is -0.0616. The van der Waals surface area contributed by atoms with Crippen LogP contribution in [-0.2, 0) is 15.1 Å². The first-order valence-electron chi connectivity index (χ1n) is 15.2. The minimum atomic E-state index is -1.35. The van der Waals surface area contributed by atoms with Crippen molar-refractivity contribution < 1.29 is 24.5 Å². The van der Waals surface area contributed by atoms with Gasteiger partial charge in [-0.2, -0.15) is 0 Å². The van der Waals surface area contributed by atoms with E-state index in [1.54, 1.807) is 30.3 Å². The maximum absolute atomic E-state index is 14.3. The first kappa shape index (κ1) is 33.8. The molecule has 1 aromatic carbocycles. The third-order valence-corrected chi connectivity index (χ3v) is 9.90. The molecule has 0 aliphatic carbocycles. The fourth-order valence-electron chi connectivity index (χ4n) is 5.74. The highest BCUT2D eigenvalue weighted by Gasteiger charge is 2.43. The Kier molecular flexibility index (Phi) is 11.1. The number of benzene rings is 1. The molecule has 4 aromatic rings. The van der Waals surface area contributed by atoms with Crippen LogP contribution in [0.3, 0.4) is 0 Å². The number of halogens is 2. The van der Waals surface area contributed by atoms with Gasteiger partial charge < -0.3 is 30.3 Å². The number of nitrogens with zero attached hydrogens (tertiary/aromatic N) is 5. The molecular formula is C32H35BrClN7O5S. The Balaban J connectivity index is 1.37. The van der Waals surface area contributed by atoms with Crippen molar-refractivity contribution in [3.63, 3.8) is 0 Å². The van der Waals surface area contributed by atoms with Crippen LogP contribution in [0.25, 0.3) is 10.6 Å². The van der Waals surface area contributed by atoms with E-state index < -0.39 is 18.2 Å². The van der Waals surface area contributed by atoms with Gasteiger partial charge in [0.2, 0.25) is 0 Å². The summed E-state index contributed by atoms with van der Waals surface area (Å²) in [7, 11) is 0. The van der Waals surface area contributed by atoms with Crippen LogP contribution < -0.4 is 10.6 Å². The first-order valence-corrected chi connectivity index (χ1v) is 17.2. The molecule has 15 heteroatoms. The molecule has 47 heavy (non-hydrogen) atoms. The number of aromatic nitrogens is 3. The Morgan fingerprint density at radius 2 is 1.66 bits per heavy atom. The predicted molar refractivity (Wildman–Crippen MR) is 183 cm³/mol. The smallest absolute Gasteiger partial charge is 0.274 e. The van der Waals surface area contributed by atoms with E-state index in [1.807, 2.05) is 35.2 Å². The summed E-state index contributed by atoms with van der Waals surface area (Å²) in [4.78, 5) is 32.7. The van der Waals surface area contributed by atoms with Gasteiger partial charge in [0.25, 0.3) is 5.91 Å².